The molecule has 3 rings (SSSR count). The highest BCUT2D eigenvalue weighted by Gasteiger charge is 2.09. The lowest BCUT2D eigenvalue weighted by atomic mass is 10.3. The Labute approximate surface area is 131 Å². The van der Waals surface area contributed by atoms with Crippen molar-refractivity contribution in [1.29, 1.82) is 0 Å². The molecule has 1 N–H and O–H groups in total. The van der Waals surface area contributed by atoms with Crippen molar-refractivity contribution < 1.29 is 4.42 Å². The summed E-state index contributed by atoms with van der Waals surface area (Å²) in [6.07, 6.45) is 2.62. The van der Waals surface area contributed by atoms with Gasteiger partial charge in [-0.15, -0.1) is 5.10 Å². The van der Waals surface area contributed by atoms with Crippen molar-refractivity contribution in [2.75, 3.05) is 5.75 Å². The van der Waals surface area contributed by atoms with Crippen molar-refractivity contribution in [2.24, 2.45) is 0 Å². The number of thioether (sulfide) groups is 1. The maximum atomic E-state index is 11.6. The Bertz CT molecular complexity index is 772. The molecule has 0 unspecified atom stereocenters. The van der Waals surface area contributed by atoms with Gasteiger partial charge in [-0.05, 0) is 25.0 Å². The van der Waals surface area contributed by atoms with Gasteiger partial charge in [0.1, 0.15) is 5.52 Å². The average molecular weight is 318 g/mol. The molecule has 0 radical (unpaired) electrons. The first-order valence-electron chi connectivity index (χ1n) is 7.40. The summed E-state index contributed by atoms with van der Waals surface area (Å²) < 4.78 is 7.37. The monoisotopic (exact) mass is 318 g/mol. The van der Waals surface area contributed by atoms with Crippen LogP contribution >= 0.6 is 11.8 Å². The molecule has 7 heteroatoms. The fourth-order valence-electron chi connectivity index (χ4n) is 2.25. The van der Waals surface area contributed by atoms with E-state index in [1.807, 2.05) is 31.2 Å². The van der Waals surface area contributed by atoms with E-state index in [1.54, 1.807) is 16.3 Å². The van der Waals surface area contributed by atoms with E-state index in [9.17, 15) is 4.79 Å². The highest BCUT2D eigenvalue weighted by Crippen LogP contribution is 2.18. The smallest absolute Gasteiger partial charge is 0.343 e. The van der Waals surface area contributed by atoms with Crippen molar-refractivity contribution in [1.82, 2.24) is 19.7 Å². The van der Waals surface area contributed by atoms with Crippen molar-refractivity contribution in [3.8, 4) is 0 Å². The van der Waals surface area contributed by atoms with E-state index < -0.39 is 0 Å². The van der Waals surface area contributed by atoms with Gasteiger partial charge in [-0.2, -0.15) is 0 Å². The molecule has 0 saturated carbocycles. The lowest BCUT2D eigenvalue weighted by molar-refractivity contribution is 0.526. The number of nitrogens with zero attached hydrogens (tertiary/aromatic N) is 3. The van der Waals surface area contributed by atoms with Crippen LogP contribution in [-0.4, -0.2) is 25.5 Å². The van der Waals surface area contributed by atoms with Gasteiger partial charge in [0.2, 0.25) is 0 Å². The second-order valence-electron chi connectivity index (χ2n) is 4.99. The molecule has 0 fully saturated rings. The molecule has 3 aromatic rings. The number of aromatic amines is 1. The zero-order valence-electron chi connectivity index (χ0n) is 12.4. The zero-order chi connectivity index (χ0) is 15.4. The first-order chi connectivity index (χ1) is 10.8. The quantitative estimate of drug-likeness (QED) is 0.535. The van der Waals surface area contributed by atoms with Crippen LogP contribution in [0.15, 0.2) is 38.6 Å². The van der Waals surface area contributed by atoms with E-state index in [-0.39, 0.29) is 5.69 Å². The van der Waals surface area contributed by atoms with Gasteiger partial charge in [0.15, 0.2) is 16.6 Å². The van der Waals surface area contributed by atoms with Crippen LogP contribution < -0.4 is 5.69 Å². The molecule has 0 amide bonds. The topological polar surface area (TPSA) is 76.7 Å². The third-order valence-corrected chi connectivity index (χ3v) is 4.34. The molecule has 22 heavy (non-hydrogen) atoms. The summed E-state index contributed by atoms with van der Waals surface area (Å²) in [5, 5.41) is 7.32. The van der Waals surface area contributed by atoms with Gasteiger partial charge in [-0.3, -0.25) is 4.57 Å². The van der Waals surface area contributed by atoms with Crippen LogP contribution in [0.25, 0.3) is 11.1 Å². The lowest BCUT2D eigenvalue weighted by Crippen LogP contribution is -2.17. The van der Waals surface area contributed by atoms with E-state index in [0.29, 0.717) is 6.54 Å². The average Bonchev–Trinajstić information content (AvgIpc) is 3.09. The molecular weight excluding hydrogens is 300 g/mol. The number of aromatic nitrogens is 4. The molecule has 0 aliphatic rings. The summed E-state index contributed by atoms with van der Waals surface area (Å²) in [4.78, 5) is 16.0. The molecule has 0 saturated heterocycles. The number of rotatable bonds is 7. The van der Waals surface area contributed by atoms with Gasteiger partial charge in [0.25, 0.3) is 0 Å². The molecular formula is C15H18N4O2S. The van der Waals surface area contributed by atoms with Gasteiger partial charge < -0.3 is 4.42 Å². The largest absolute Gasteiger partial charge is 0.441 e. The van der Waals surface area contributed by atoms with Crippen LogP contribution in [0.5, 0.6) is 0 Å². The van der Waals surface area contributed by atoms with Crippen LogP contribution in [0.2, 0.25) is 0 Å². The minimum absolute atomic E-state index is 0.136. The summed E-state index contributed by atoms with van der Waals surface area (Å²) in [5.74, 6) is 1.63. The minimum atomic E-state index is -0.136. The predicted octanol–water partition coefficient (Wildman–Crippen LogP) is 2.85. The number of nitrogens with one attached hydrogen (secondary N) is 1. The second-order valence-corrected chi connectivity index (χ2v) is 6.05. The molecule has 0 aliphatic heterocycles. The molecule has 2 aromatic heterocycles. The number of fused-ring (bicyclic) bond motifs is 1. The van der Waals surface area contributed by atoms with Gasteiger partial charge in [-0.25, -0.2) is 14.9 Å². The summed E-state index contributed by atoms with van der Waals surface area (Å²) in [6, 6.07) is 7.77. The highest BCUT2D eigenvalue weighted by molar-refractivity contribution is 7.99. The molecule has 0 atom stereocenters. The van der Waals surface area contributed by atoms with Gasteiger partial charge in [0.05, 0.1) is 0 Å². The highest BCUT2D eigenvalue weighted by atomic mass is 32.2. The van der Waals surface area contributed by atoms with Crippen LogP contribution in [0.4, 0.5) is 0 Å². The standard InChI is InChI=1S/C15H18N4O2S/c1-2-9-19-14(20)17-18-15(19)22-10-5-8-13-16-11-6-3-4-7-12(11)21-13/h3-4,6-7H,2,5,8-10H2,1H3,(H,17,20). The second kappa shape index (κ2) is 6.83. The molecule has 1 aromatic carbocycles. The Kier molecular flexibility index (Phi) is 4.62. The summed E-state index contributed by atoms with van der Waals surface area (Å²) in [7, 11) is 0. The zero-order valence-corrected chi connectivity index (χ0v) is 13.2. The van der Waals surface area contributed by atoms with Crippen LogP contribution in [0.3, 0.4) is 0 Å². The summed E-state index contributed by atoms with van der Waals surface area (Å²) in [5.41, 5.74) is 1.59. The molecule has 0 spiro atoms. The minimum Gasteiger partial charge on any atom is -0.441 e. The number of para-hydroxylation sites is 2. The number of oxazole rings is 1. The third kappa shape index (κ3) is 3.24. The predicted molar refractivity (Wildman–Crippen MR) is 86.2 cm³/mol. The van der Waals surface area contributed by atoms with E-state index in [0.717, 1.165) is 47.2 Å². The number of H-pyrrole nitrogens is 1. The Balaban J connectivity index is 1.54. The summed E-state index contributed by atoms with van der Waals surface area (Å²) >= 11 is 1.59. The number of hydrogen-bond donors (Lipinski definition) is 1. The lowest BCUT2D eigenvalue weighted by Gasteiger charge is -2.02. The summed E-state index contributed by atoms with van der Waals surface area (Å²) in [6.45, 7) is 2.74. The Hall–Kier alpha value is -2.02. The molecule has 0 aliphatic carbocycles. The van der Waals surface area contributed by atoms with Crippen molar-refractivity contribution >= 4 is 22.9 Å². The van der Waals surface area contributed by atoms with Crippen molar-refractivity contribution in [2.45, 2.75) is 37.9 Å². The van der Waals surface area contributed by atoms with Gasteiger partial charge >= 0.3 is 5.69 Å². The van der Waals surface area contributed by atoms with Crippen LogP contribution in [-0.2, 0) is 13.0 Å². The molecule has 2 heterocycles. The molecule has 6 nitrogen and oxygen atoms in total. The number of aryl methyl sites for hydroxylation is 1. The van der Waals surface area contributed by atoms with E-state index >= 15 is 0 Å². The van der Waals surface area contributed by atoms with Gasteiger partial charge in [-0.1, -0.05) is 30.8 Å². The maximum absolute atomic E-state index is 11.6. The van der Waals surface area contributed by atoms with Crippen molar-refractivity contribution in [3.05, 3.63) is 40.6 Å². The van der Waals surface area contributed by atoms with Crippen LogP contribution in [0, 0.1) is 0 Å². The third-order valence-electron chi connectivity index (χ3n) is 3.27. The first kappa shape index (κ1) is 14.9. The number of hydrogen-bond acceptors (Lipinski definition) is 5. The Morgan fingerprint density at radius 3 is 3.05 bits per heavy atom. The van der Waals surface area contributed by atoms with E-state index in [4.69, 9.17) is 4.42 Å². The van der Waals surface area contributed by atoms with Gasteiger partial charge in [0, 0.05) is 18.7 Å². The fraction of sp³-hybridized carbons (Fsp3) is 0.400. The normalized spacial score (nSPS) is 11.3. The first-order valence-corrected chi connectivity index (χ1v) is 8.39. The fourth-order valence-corrected chi connectivity index (χ4v) is 3.16. The van der Waals surface area contributed by atoms with Crippen LogP contribution in [0.1, 0.15) is 25.7 Å². The van der Waals surface area contributed by atoms with Crippen molar-refractivity contribution in [3.63, 3.8) is 0 Å². The Morgan fingerprint density at radius 1 is 1.36 bits per heavy atom. The van der Waals surface area contributed by atoms with E-state index in [2.05, 4.69) is 15.2 Å². The number of benzene rings is 1. The Morgan fingerprint density at radius 2 is 2.23 bits per heavy atom. The maximum Gasteiger partial charge on any atom is 0.343 e. The SMILES string of the molecule is CCCn1c(SCCCc2nc3ccccc3o2)n[nH]c1=O. The molecule has 0 bridgehead atoms. The molecule has 116 valence electrons. The van der Waals surface area contributed by atoms with E-state index in [1.165, 1.54) is 0 Å².